The molecule has 1 aromatic heterocycles. The fourth-order valence-electron chi connectivity index (χ4n) is 2.24. The fraction of sp³-hybridized carbons (Fsp3) is 0.615. The van der Waals surface area contributed by atoms with Crippen molar-refractivity contribution in [3.63, 3.8) is 0 Å². The van der Waals surface area contributed by atoms with Gasteiger partial charge in [0.25, 0.3) is 0 Å². The molecule has 0 amide bonds. The van der Waals surface area contributed by atoms with Crippen molar-refractivity contribution in [2.45, 2.75) is 19.4 Å². The van der Waals surface area contributed by atoms with Crippen LogP contribution in [0.4, 0.5) is 0 Å². The highest BCUT2D eigenvalue weighted by Gasteiger charge is 2.16. The number of ether oxygens (including phenoxy) is 1. The molecule has 0 spiro atoms. The second-order valence-corrected chi connectivity index (χ2v) is 4.67. The molecule has 4 nitrogen and oxygen atoms in total. The zero-order valence-electron chi connectivity index (χ0n) is 10.2. The molecule has 2 rings (SSSR count). The van der Waals surface area contributed by atoms with Crippen LogP contribution in [0.15, 0.2) is 16.5 Å². The summed E-state index contributed by atoms with van der Waals surface area (Å²) >= 11 is 0. The number of rotatable bonds is 5. The van der Waals surface area contributed by atoms with Crippen molar-refractivity contribution in [2.75, 3.05) is 26.8 Å². The molecule has 1 fully saturated rings. The lowest BCUT2D eigenvalue weighted by atomic mass is 10.00. The van der Waals surface area contributed by atoms with E-state index in [1.165, 1.54) is 0 Å². The molecule has 0 unspecified atom stereocenters. The lowest BCUT2D eigenvalue weighted by Gasteiger charge is -2.26. The Morgan fingerprint density at radius 2 is 2.18 bits per heavy atom. The molecule has 0 atom stereocenters. The predicted octanol–water partition coefficient (Wildman–Crippen LogP) is 1.95. The first kappa shape index (κ1) is 12.3. The van der Waals surface area contributed by atoms with Crippen LogP contribution in [0.2, 0.25) is 0 Å². The molecule has 0 saturated carbocycles. The summed E-state index contributed by atoms with van der Waals surface area (Å²) in [6, 6.07) is 3.58. The molecule has 0 aromatic carbocycles. The predicted molar refractivity (Wildman–Crippen MR) is 64.0 cm³/mol. The summed E-state index contributed by atoms with van der Waals surface area (Å²) in [4.78, 5) is 12.7. The monoisotopic (exact) mass is 237 g/mol. The zero-order valence-corrected chi connectivity index (χ0v) is 10.2. The zero-order chi connectivity index (χ0) is 12.1. The van der Waals surface area contributed by atoms with Crippen LogP contribution in [0.3, 0.4) is 0 Å². The maximum absolute atomic E-state index is 10.5. The molecule has 0 aliphatic carbocycles. The third-order valence-electron chi connectivity index (χ3n) is 3.14. The van der Waals surface area contributed by atoms with Gasteiger partial charge in [-0.25, -0.2) is 0 Å². The van der Waals surface area contributed by atoms with Crippen LogP contribution < -0.4 is 0 Å². The first-order chi connectivity index (χ1) is 8.28. The molecule has 1 saturated heterocycles. The maximum atomic E-state index is 10.5. The van der Waals surface area contributed by atoms with Gasteiger partial charge in [-0.05, 0) is 37.9 Å². The van der Waals surface area contributed by atoms with Crippen molar-refractivity contribution in [2.24, 2.45) is 5.92 Å². The number of hydrogen-bond acceptors (Lipinski definition) is 4. The van der Waals surface area contributed by atoms with E-state index in [-0.39, 0.29) is 0 Å². The standard InChI is InChI=1S/C13H19NO3/c1-14(8-11-4-6-16-7-5-11)9-12-2-3-13(10-15)17-12/h2-3,10-11H,4-9H2,1H3. The normalized spacial score (nSPS) is 17.5. The molecule has 0 bridgehead atoms. The molecule has 17 heavy (non-hydrogen) atoms. The minimum absolute atomic E-state index is 0.402. The Labute approximate surface area is 102 Å². The molecule has 4 heteroatoms. The summed E-state index contributed by atoms with van der Waals surface area (Å²) < 4.78 is 10.7. The Hall–Kier alpha value is -1.13. The van der Waals surface area contributed by atoms with Gasteiger partial charge in [0.05, 0.1) is 6.54 Å². The van der Waals surface area contributed by atoms with Crippen LogP contribution in [0, 0.1) is 5.92 Å². The maximum Gasteiger partial charge on any atom is 0.185 e. The highest BCUT2D eigenvalue weighted by Crippen LogP contribution is 2.17. The Balaban J connectivity index is 1.79. The average molecular weight is 237 g/mol. The number of carbonyl (C=O) groups is 1. The van der Waals surface area contributed by atoms with Crippen molar-refractivity contribution >= 4 is 6.29 Å². The van der Waals surface area contributed by atoms with Gasteiger partial charge >= 0.3 is 0 Å². The molecular weight excluding hydrogens is 218 g/mol. The van der Waals surface area contributed by atoms with Gasteiger partial charge in [-0.15, -0.1) is 0 Å². The summed E-state index contributed by atoms with van der Waals surface area (Å²) in [7, 11) is 2.08. The molecular formula is C13H19NO3. The van der Waals surface area contributed by atoms with Gasteiger partial charge in [-0.2, -0.15) is 0 Å². The smallest absolute Gasteiger partial charge is 0.185 e. The second kappa shape index (κ2) is 5.98. The van der Waals surface area contributed by atoms with Gasteiger partial charge in [0.1, 0.15) is 5.76 Å². The molecule has 1 aliphatic rings. The quantitative estimate of drug-likeness (QED) is 0.734. The van der Waals surface area contributed by atoms with Gasteiger partial charge in [-0.3, -0.25) is 9.69 Å². The summed E-state index contributed by atoms with van der Waals surface area (Å²) in [5, 5.41) is 0. The number of nitrogens with zero attached hydrogens (tertiary/aromatic N) is 1. The van der Waals surface area contributed by atoms with E-state index in [1.807, 2.05) is 6.07 Å². The van der Waals surface area contributed by atoms with Gasteiger partial charge in [0.15, 0.2) is 12.0 Å². The Morgan fingerprint density at radius 1 is 1.41 bits per heavy atom. The first-order valence-corrected chi connectivity index (χ1v) is 6.08. The Kier molecular flexibility index (Phi) is 4.34. The Morgan fingerprint density at radius 3 is 2.82 bits per heavy atom. The first-order valence-electron chi connectivity index (χ1n) is 6.08. The van der Waals surface area contributed by atoms with E-state index in [9.17, 15) is 4.79 Å². The van der Waals surface area contributed by atoms with Gasteiger partial charge in [0, 0.05) is 19.8 Å². The second-order valence-electron chi connectivity index (χ2n) is 4.67. The number of hydrogen-bond donors (Lipinski definition) is 0. The van der Waals surface area contributed by atoms with E-state index in [1.54, 1.807) is 6.07 Å². The van der Waals surface area contributed by atoms with E-state index in [2.05, 4.69) is 11.9 Å². The molecule has 0 N–H and O–H groups in total. The van der Waals surface area contributed by atoms with Crippen LogP contribution in [-0.4, -0.2) is 38.0 Å². The Bertz CT molecular complexity index is 355. The van der Waals surface area contributed by atoms with Gasteiger partial charge in [-0.1, -0.05) is 0 Å². The SMILES string of the molecule is CN(Cc1ccc(C=O)o1)CC1CCOCC1. The van der Waals surface area contributed by atoms with Gasteiger partial charge in [0.2, 0.25) is 0 Å². The molecule has 94 valence electrons. The third-order valence-corrected chi connectivity index (χ3v) is 3.14. The average Bonchev–Trinajstić information content (AvgIpc) is 2.78. The van der Waals surface area contributed by atoms with Crippen LogP contribution in [0.25, 0.3) is 0 Å². The van der Waals surface area contributed by atoms with Crippen molar-refractivity contribution < 1.29 is 13.9 Å². The van der Waals surface area contributed by atoms with E-state index in [0.29, 0.717) is 11.7 Å². The summed E-state index contributed by atoms with van der Waals surface area (Å²) in [5.74, 6) is 1.97. The highest BCUT2D eigenvalue weighted by molar-refractivity contribution is 5.70. The van der Waals surface area contributed by atoms with Crippen molar-refractivity contribution in [3.05, 3.63) is 23.7 Å². The van der Waals surface area contributed by atoms with Crippen LogP contribution in [0.5, 0.6) is 0 Å². The number of carbonyl (C=O) groups excluding carboxylic acids is 1. The summed E-state index contributed by atoms with van der Waals surface area (Å²) in [6.45, 7) is 3.58. The number of furan rings is 1. The fourth-order valence-corrected chi connectivity index (χ4v) is 2.24. The minimum Gasteiger partial charge on any atom is -0.457 e. The molecule has 1 aromatic rings. The van der Waals surface area contributed by atoms with Crippen molar-refractivity contribution in [3.8, 4) is 0 Å². The van der Waals surface area contributed by atoms with Crippen molar-refractivity contribution in [1.29, 1.82) is 0 Å². The largest absolute Gasteiger partial charge is 0.457 e. The molecule has 1 aliphatic heterocycles. The summed E-state index contributed by atoms with van der Waals surface area (Å²) in [6.07, 6.45) is 3.02. The minimum atomic E-state index is 0.402. The molecule has 2 heterocycles. The topological polar surface area (TPSA) is 42.7 Å². The van der Waals surface area contributed by atoms with E-state index in [4.69, 9.17) is 9.15 Å². The van der Waals surface area contributed by atoms with Gasteiger partial charge < -0.3 is 9.15 Å². The number of aldehydes is 1. The van der Waals surface area contributed by atoms with Crippen LogP contribution in [0.1, 0.15) is 29.2 Å². The lowest BCUT2D eigenvalue weighted by molar-refractivity contribution is 0.0542. The van der Waals surface area contributed by atoms with Crippen LogP contribution in [-0.2, 0) is 11.3 Å². The van der Waals surface area contributed by atoms with E-state index in [0.717, 1.165) is 51.2 Å². The third kappa shape index (κ3) is 3.68. The van der Waals surface area contributed by atoms with Crippen LogP contribution >= 0.6 is 0 Å². The molecule has 0 radical (unpaired) electrons. The van der Waals surface area contributed by atoms with E-state index < -0.39 is 0 Å². The van der Waals surface area contributed by atoms with Crippen molar-refractivity contribution in [1.82, 2.24) is 4.90 Å². The lowest BCUT2D eigenvalue weighted by Crippen LogP contribution is -2.29. The van der Waals surface area contributed by atoms with E-state index >= 15 is 0 Å². The summed E-state index contributed by atoms with van der Waals surface area (Å²) in [5.41, 5.74) is 0. The highest BCUT2D eigenvalue weighted by atomic mass is 16.5.